The van der Waals surface area contributed by atoms with Crippen LogP contribution in [-0.4, -0.2) is 56.9 Å². The molecule has 2 fully saturated rings. The van der Waals surface area contributed by atoms with Gasteiger partial charge in [-0.25, -0.2) is 4.98 Å². The van der Waals surface area contributed by atoms with Crippen LogP contribution in [0.5, 0.6) is 0 Å². The van der Waals surface area contributed by atoms with E-state index in [2.05, 4.69) is 4.98 Å². The second kappa shape index (κ2) is 6.52. The molecular formula is C20H25N3O3. The Morgan fingerprint density at radius 3 is 2.88 bits per heavy atom. The number of carbonyl (C=O) groups is 1. The summed E-state index contributed by atoms with van der Waals surface area (Å²) in [5.41, 5.74) is 1.15. The highest BCUT2D eigenvalue weighted by Crippen LogP contribution is 2.43. The molecule has 1 aromatic carbocycles. The van der Waals surface area contributed by atoms with Crippen LogP contribution in [-0.2, 0) is 11.8 Å². The Balaban J connectivity index is 1.70. The molecule has 1 saturated heterocycles. The van der Waals surface area contributed by atoms with Gasteiger partial charge in [0.05, 0.1) is 23.3 Å². The summed E-state index contributed by atoms with van der Waals surface area (Å²) >= 11 is 0. The summed E-state index contributed by atoms with van der Waals surface area (Å²) < 4.78 is 7.78. The molecule has 1 saturated carbocycles. The van der Waals surface area contributed by atoms with Gasteiger partial charge in [-0.15, -0.1) is 0 Å². The molecule has 0 spiro atoms. The molecule has 1 aliphatic carbocycles. The number of aryl methyl sites for hydroxylation is 1. The Morgan fingerprint density at radius 2 is 2.15 bits per heavy atom. The van der Waals surface area contributed by atoms with E-state index in [-0.39, 0.29) is 23.7 Å². The number of methoxy groups -OCH3 is 1. The zero-order valence-corrected chi connectivity index (χ0v) is 15.3. The van der Waals surface area contributed by atoms with Gasteiger partial charge in [0.2, 0.25) is 0 Å². The summed E-state index contributed by atoms with van der Waals surface area (Å²) in [6.45, 7) is 0.652. The number of rotatable bonds is 3. The second-order valence-corrected chi connectivity index (χ2v) is 7.37. The first kappa shape index (κ1) is 17.2. The largest absolute Gasteiger partial charge is 0.393 e. The van der Waals surface area contributed by atoms with Gasteiger partial charge >= 0.3 is 0 Å². The van der Waals surface area contributed by atoms with Crippen LogP contribution >= 0.6 is 0 Å². The topological polar surface area (TPSA) is 67.6 Å². The number of imidazole rings is 1. The average molecular weight is 355 g/mol. The minimum absolute atomic E-state index is 0.0124. The Kier molecular flexibility index (Phi) is 4.32. The van der Waals surface area contributed by atoms with Gasteiger partial charge in [0.25, 0.3) is 5.91 Å². The van der Waals surface area contributed by atoms with E-state index < -0.39 is 0 Å². The molecule has 0 unspecified atom stereocenters. The first-order valence-electron chi connectivity index (χ1n) is 9.16. The number of aliphatic hydroxyl groups excluding tert-OH is 1. The maximum Gasteiger partial charge on any atom is 0.254 e. The highest BCUT2D eigenvalue weighted by molar-refractivity contribution is 6.00. The predicted octanol–water partition coefficient (Wildman–Crippen LogP) is 2.23. The van der Waals surface area contributed by atoms with Gasteiger partial charge in [-0.1, -0.05) is 18.2 Å². The number of ether oxygens (including phenoxy) is 1. The fraction of sp³-hybridized carbons (Fsp3) is 0.500. The van der Waals surface area contributed by atoms with Crippen molar-refractivity contribution in [3.05, 3.63) is 42.2 Å². The smallest absolute Gasteiger partial charge is 0.254 e. The molecule has 138 valence electrons. The Morgan fingerprint density at radius 1 is 1.35 bits per heavy atom. The molecule has 1 N–H and O–H groups in total. The van der Waals surface area contributed by atoms with Crippen LogP contribution in [0.25, 0.3) is 11.4 Å². The van der Waals surface area contributed by atoms with Crippen molar-refractivity contribution in [2.45, 2.75) is 43.4 Å². The number of carbonyl (C=O) groups excluding carboxylic acids is 1. The van der Waals surface area contributed by atoms with Gasteiger partial charge in [0.1, 0.15) is 5.82 Å². The fourth-order valence-electron chi connectivity index (χ4n) is 4.56. The Hall–Kier alpha value is -2.18. The lowest BCUT2D eigenvalue weighted by Gasteiger charge is -2.42. The summed E-state index contributed by atoms with van der Waals surface area (Å²) in [6.07, 6.45) is 6.15. The highest BCUT2D eigenvalue weighted by atomic mass is 16.5. The van der Waals surface area contributed by atoms with E-state index in [0.29, 0.717) is 18.5 Å². The number of aliphatic hydroxyl groups is 1. The van der Waals surface area contributed by atoms with Crippen LogP contribution in [0.15, 0.2) is 36.7 Å². The van der Waals surface area contributed by atoms with Crippen molar-refractivity contribution in [3.63, 3.8) is 0 Å². The van der Waals surface area contributed by atoms with Crippen molar-refractivity contribution in [1.82, 2.24) is 14.5 Å². The molecule has 4 rings (SSSR count). The van der Waals surface area contributed by atoms with Gasteiger partial charge in [0.15, 0.2) is 0 Å². The van der Waals surface area contributed by atoms with Gasteiger partial charge in [0, 0.05) is 38.7 Å². The standard InChI is InChI=1S/C20H25N3O3/c1-22-12-10-21-18(22)15-5-3-4-6-16(15)19(25)23-11-9-20(26-2)8-7-14(24)13-17(20)23/h3-6,10,12,14,17,24H,7-9,11,13H2,1-2H3/t14-,17+,20-/m1/s1. The summed E-state index contributed by atoms with van der Waals surface area (Å²) in [4.78, 5) is 19.7. The van der Waals surface area contributed by atoms with Gasteiger partial charge in [-0.2, -0.15) is 0 Å². The number of fused-ring (bicyclic) bond motifs is 1. The normalized spacial score (nSPS) is 28.2. The maximum atomic E-state index is 13.4. The van der Waals surface area contributed by atoms with E-state index >= 15 is 0 Å². The van der Waals surface area contributed by atoms with Crippen LogP contribution < -0.4 is 0 Å². The van der Waals surface area contributed by atoms with E-state index in [1.165, 1.54) is 0 Å². The van der Waals surface area contributed by atoms with E-state index in [9.17, 15) is 9.90 Å². The van der Waals surface area contributed by atoms with E-state index in [1.54, 1.807) is 13.3 Å². The lowest BCUT2D eigenvalue weighted by molar-refractivity contribution is -0.0824. The zero-order chi connectivity index (χ0) is 18.3. The maximum absolute atomic E-state index is 13.4. The molecule has 1 amide bonds. The van der Waals surface area contributed by atoms with Crippen LogP contribution in [0.4, 0.5) is 0 Å². The molecule has 3 atom stereocenters. The number of hydrogen-bond donors (Lipinski definition) is 1. The van der Waals surface area contributed by atoms with Crippen LogP contribution in [0.1, 0.15) is 36.0 Å². The quantitative estimate of drug-likeness (QED) is 0.917. The number of likely N-dealkylation sites (tertiary alicyclic amines) is 1. The predicted molar refractivity (Wildman–Crippen MR) is 97.7 cm³/mol. The first-order valence-corrected chi connectivity index (χ1v) is 9.16. The van der Waals surface area contributed by atoms with Crippen molar-refractivity contribution in [3.8, 4) is 11.4 Å². The summed E-state index contributed by atoms with van der Waals surface area (Å²) in [6, 6.07) is 7.52. The number of nitrogens with zero attached hydrogens (tertiary/aromatic N) is 3. The molecule has 6 heteroatoms. The zero-order valence-electron chi connectivity index (χ0n) is 15.3. The van der Waals surface area contributed by atoms with Crippen LogP contribution in [0.3, 0.4) is 0 Å². The van der Waals surface area contributed by atoms with E-state index in [4.69, 9.17) is 4.74 Å². The minimum atomic E-state index is -0.374. The Bertz CT molecular complexity index is 818. The second-order valence-electron chi connectivity index (χ2n) is 7.37. The number of benzene rings is 1. The molecular weight excluding hydrogens is 330 g/mol. The average Bonchev–Trinajstić information content (AvgIpc) is 3.25. The molecule has 26 heavy (non-hydrogen) atoms. The lowest BCUT2D eigenvalue weighted by atomic mass is 9.79. The van der Waals surface area contributed by atoms with Crippen molar-refractivity contribution in [1.29, 1.82) is 0 Å². The molecule has 0 bridgehead atoms. The molecule has 2 heterocycles. The van der Waals surface area contributed by atoms with Crippen molar-refractivity contribution in [2.24, 2.45) is 7.05 Å². The number of hydrogen-bond acceptors (Lipinski definition) is 4. The third-order valence-corrected chi connectivity index (χ3v) is 6.04. The molecule has 0 radical (unpaired) electrons. The summed E-state index contributed by atoms with van der Waals surface area (Å²) in [5, 5.41) is 10.2. The van der Waals surface area contributed by atoms with Crippen molar-refractivity contribution < 1.29 is 14.6 Å². The minimum Gasteiger partial charge on any atom is -0.393 e. The fourth-order valence-corrected chi connectivity index (χ4v) is 4.56. The summed E-state index contributed by atoms with van der Waals surface area (Å²) in [7, 11) is 3.65. The molecule has 1 aliphatic heterocycles. The molecule has 6 nitrogen and oxygen atoms in total. The lowest BCUT2D eigenvalue weighted by Crippen LogP contribution is -2.52. The summed E-state index contributed by atoms with van der Waals surface area (Å²) in [5.74, 6) is 0.761. The van der Waals surface area contributed by atoms with Gasteiger partial charge in [-0.3, -0.25) is 4.79 Å². The Labute approximate surface area is 153 Å². The molecule has 2 aliphatic rings. The van der Waals surface area contributed by atoms with Crippen molar-refractivity contribution >= 4 is 5.91 Å². The SMILES string of the molecule is CO[C@@]12CC[C@@H](O)C[C@@H]1N(C(=O)c1ccccc1-c1nccn1C)CC2. The monoisotopic (exact) mass is 355 g/mol. The first-order chi connectivity index (χ1) is 12.6. The van der Waals surface area contributed by atoms with Crippen LogP contribution in [0, 0.1) is 0 Å². The number of aromatic nitrogens is 2. The van der Waals surface area contributed by atoms with E-state index in [1.807, 2.05) is 47.0 Å². The number of amides is 1. The highest BCUT2D eigenvalue weighted by Gasteiger charge is 2.52. The third kappa shape index (κ3) is 2.64. The van der Waals surface area contributed by atoms with E-state index in [0.717, 1.165) is 30.7 Å². The van der Waals surface area contributed by atoms with Crippen LogP contribution in [0.2, 0.25) is 0 Å². The van der Waals surface area contributed by atoms with Gasteiger partial charge < -0.3 is 19.3 Å². The third-order valence-electron chi connectivity index (χ3n) is 6.04. The van der Waals surface area contributed by atoms with Crippen molar-refractivity contribution in [2.75, 3.05) is 13.7 Å². The molecule has 2 aromatic rings. The van der Waals surface area contributed by atoms with Gasteiger partial charge in [-0.05, 0) is 31.7 Å². The molecule has 1 aromatic heterocycles.